The zero-order chi connectivity index (χ0) is 29.4. The van der Waals surface area contributed by atoms with Crippen LogP contribution in [0.4, 0.5) is 0 Å². The molecule has 5 heteroatoms. The standard InChI is InChI=1S/C39H24N2O2S/c1-2-39(42)43-26-17-18-36-30(23-26)29-11-5-8-14-35(29)41(36)25-16-20-38-32(22-25)31-21-24(15-19-37(31)44-38)40-33-12-6-3-9-27(33)28-10-4-7-13-34(28)40/h2-23H,1H2. The van der Waals surface area contributed by atoms with Gasteiger partial charge < -0.3 is 13.9 Å². The van der Waals surface area contributed by atoms with Gasteiger partial charge in [0.1, 0.15) is 5.75 Å². The topological polar surface area (TPSA) is 36.2 Å². The van der Waals surface area contributed by atoms with E-state index in [4.69, 9.17) is 4.74 Å². The van der Waals surface area contributed by atoms with Crippen molar-refractivity contribution < 1.29 is 9.53 Å². The second-order valence-corrected chi connectivity index (χ2v) is 12.1. The number of esters is 1. The smallest absolute Gasteiger partial charge is 0.335 e. The molecule has 0 spiro atoms. The van der Waals surface area contributed by atoms with Crippen LogP contribution < -0.4 is 4.74 Å². The molecule has 0 atom stereocenters. The highest BCUT2D eigenvalue weighted by Gasteiger charge is 2.17. The molecule has 0 saturated heterocycles. The molecule has 208 valence electrons. The number of benzene rings is 6. The second kappa shape index (κ2) is 9.43. The minimum Gasteiger partial charge on any atom is -0.423 e. The number of carbonyl (C=O) groups excluding carboxylic acids is 1. The lowest BCUT2D eigenvalue weighted by Gasteiger charge is -2.10. The number of para-hydroxylation sites is 3. The fourth-order valence-electron chi connectivity index (χ4n) is 6.68. The summed E-state index contributed by atoms with van der Waals surface area (Å²) in [5, 5.41) is 7.11. The quantitative estimate of drug-likeness (QED) is 0.117. The van der Waals surface area contributed by atoms with E-state index in [1.165, 1.54) is 48.1 Å². The number of hydrogen-bond acceptors (Lipinski definition) is 3. The van der Waals surface area contributed by atoms with Crippen molar-refractivity contribution in [3.63, 3.8) is 0 Å². The number of nitrogens with zero attached hydrogens (tertiary/aromatic N) is 2. The Labute approximate surface area is 256 Å². The Morgan fingerprint density at radius 1 is 0.545 bits per heavy atom. The summed E-state index contributed by atoms with van der Waals surface area (Å²) in [5.41, 5.74) is 6.79. The van der Waals surface area contributed by atoms with Crippen LogP contribution in [0.25, 0.3) is 75.2 Å². The van der Waals surface area contributed by atoms with Crippen LogP contribution in [0.3, 0.4) is 0 Å². The van der Waals surface area contributed by atoms with Gasteiger partial charge in [-0.15, -0.1) is 11.3 Å². The molecule has 0 N–H and O–H groups in total. The number of hydrogen-bond donors (Lipinski definition) is 0. The Hall–Kier alpha value is -5.65. The first-order chi connectivity index (χ1) is 21.7. The average molecular weight is 585 g/mol. The Morgan fingerprint density at radius 2 is 1.02 bits per heavy atom. The van der Waals surface area contributed by atoms with Crippen molar-refractivity contribution in [2.45, 2.75) is 0 Å². The molecule has 9 aromatic rings. The Bertz CT molecular complexity index is 2580. The van der Waals surface area contributed by atoms with E-state index in [1.54, 1.807) is 0 Å². The minimum absolute atomic E-state index is 0.469. The molecule has 0 amide bonds. The Kier molecular flexibility index (Phi) is 5.34. The Morgan fingerprint density at radius 3 is 1.55 bits per heavy atom. The predicted octanol–water partition coefficient (Wildman–Crippen LogP) is 10.3. The monoisotopic (exact) mass is 584 g/mol. The maximum atomic E-state index is 11.9. The van der Waals surface area contributed by atoms with Crippen molar-refractivity contribution in [2.75, 3.05) is 0 Å². The highest BCUT2D eigenvalue weighted by Crippen LogP contribution is 2.40. The Balaban J connectivity index is 1.26. The van der Waals surface area contributed by atoms with Crippen molar-refractivity contribution in [1.29, 1.82) is 0 Å². The molecule has 0 aliphatic heterocycles. The van der Waals surface area contributed by atoms with Gasteiger partial charge in [0.05, 0.1) is 22.1 Å². The van der Waals surface area contributed by atoms with E-state index >= 15 is 0 Å². The zero-order valence-corrected chi connectivity index (χ0v) is 24.3. The van der Waals surface area contributed by atoms with Gasteiger partial charge in [0.15, 0.2) is 0 Å². The molecule has 0 unspecified atom stereocenters. The van der Waals surface area contributed by atoms with Crippen molar-refractivity contribution in [1.82, 2.24) is 9.13 Å². The van der Waals surface area contributed by atoms with Crippen LogP contribution in [-0.4, -0.2) is 15.1 Å². The molecule has 0 fully saturated rings. The third-order valence-electron chi connectivity index (χ3n) is 8.56. The van der Waals surface area contributed by atoms with E-state index in [-0.39, 0.29) is 0 Å². The normalized spacial score (nSPS) is 11.8. The van der Waals surface area contributed by atoms with Crippen LogP contribution in [0.15, 0.2) is 140 Å². The summed E-state index contributed by atoms with van der Waals surface area (Å²) in [4.78, 5) is 11.9. The van der Waals surface area contributed by atoms with Crippen molar-refractivity contribution in [2.24, 2.45) is 0 Å². The highest BCUT2D eigenvalue weighted by atomic mass is 32.1. The molecular formula is C39H24N2O2S. The molecule has 0 saturated carbocycles. The largest absolute Gasteiger partial charge is 0.423 e. The van der Waals surface area contributed by atoms with Gasteiger partial charge in [0.2, 0.25) is 0 Å². The van der Waals surface area contributed by atoms with E-state index in [0.717, 1.165) is 33.2 Å². The van der Waals surface area contributed by atoms with E-state index in [0.29, 0.717) is 5.75 Å². The summed E-state index contributed by atoms with van der Waals surface area (Å²) in [6.07, 6.45) is 1.18. The van der Waals surface area contributed by atoms with Gasteiger partial charge in [-0.2, -0.15) is 0 Å². The van der Waals surface area contributed by atoms with Crippen molar-refractivity contribution in [3.05, 3.63) is 140 Å². The lowest BCUT2D eigenvalue weighted by atomic mass is 10.1. The molecule has 3 heterocycles. The number of fused-ring (bicyclic) bond motifs is 9. The van der Waals surface area contributed by atoms with Gasteiger partial charge in [-0.05, 0) is 72.8 Å². The third kappa shape index (κ3) is 3.60. The molecule has 0 aliphatic rings. The molecule has 0 bridgehead atoms. The van der Waals surface area contributed by atoms with Gasteiger partial charge in [-0.3, -0.25) is 0 Å². The molecule has 4 nitrogen and oxygen atoms in total. The number of thiophene rings is 1. The van der Waals surface area contributed by atoms with E-state index in [1.807, 2.05) is 35.6 Å². The summed E-state index contributed by atoms with van der Waals surface area (Å²) in [7, 11) is 0. The SMILES string of the molecule is C=CC(=O)Oc1ccc2c(c1)c1ccccc1n2-c1ccc2sc3ccc(-n4c5ccccc5c5ccccc54)cc3c2c1. The number of carbonyl (C=O) groups is 1. The van der Waals surface area contributed by atoms with Crippen LogP contribution in [0.2, 0.25) is 0 Å². The number of aromatic nitrogens is 2. The summed E-state index contributed by atoms with van der Waals surface area (Å²) >= 11 is 1.82. The molecule has 44 heavy (non-hydrogen) atoms. The van der Waals surface area contributed by atoms with Crippen molar-refractivity contribution in [3.8, 4) is 17.1 Å². The lowest BCUT2D eigenvalue weighted by molar-refractivity contribution is -0.128. The fraction of sp³-hybridized carbons (Fsp3) is 0. The summed E-state index contributed by atoms with van der Waals surface area (Å²) in [6, 6.07) is 45.0. The first-order valence-corrected chi connectivity index (χ1v) is 15.3. The molecular weight excluding hydrogens is 561 g/mol. The molecule has 0 aliphatic carbocycles. The maximum Gasteiger partial charge on any atom is 0.335 e. The molecule has 9 rings (SSSR count). The van der Waals surface area contributed by atoms with Gasteiger partial charge >= 0.3 is 5.97 Å². The van der Waals surface area contributed by atoms with E-state index < -0.39 is 5.97 Å². The van der Waals surface area contributed by atoms with Crippen molar-refractivity contribution >= 4 is 81.1 Å². The maximum absolute atomic E-state index is 11.9. The van der Waals surface area contributed by atoms with Gasteiger partial charge in [0, 0.05) is 59.2 Å². The van der Waals surface area contributed by atoms with E-state index in [9.17, 15) is 4.79 Å². The highest BCUT2D eigenvalue weighted by molar-refractivity contribution is 7.25. The number of rotatable bonds is 4. The van der Waals surface area contributed by atoms with Crippen LogP contribution in [0.1, 0.15) is 0 Å². The van der Waals surface area contributed by atoms with Crippen LogP contribution in [-0.2, 0) is 4.79 Å². The molecule has 6 aromatic carbocycles. The minimum atomic E-state index is -0.469. The lowest BCUT2D eigenvalue weighted by Crippen LogP contribution is -2.02. The first kappa shape index (κ1) is 24.9. The van der Waals surface area contributed by atoms with Crippen LogP contribution in [0, 0.1) is 0 Å². The predicted molar refractivity (Wildman–Crippen MR) is 184 cm³/mol. The van der Waals surface area contributed by atoms with Gasteiger partial charge in [-0.25, -0.2) is 4.79 Å². The number of ether oxygens (including phenoxy) is 1. The van der Waals surface area contributed by atoms with Gasteiger partial charge in [-0.1, -0.05) is 61.2 Å². The van der Waals surface area contributed by atoms with Crippen LogP contribution >= 0.6 is 11.3 Å². The third-order valence-corrected chi connectivity index (χ3v) is 9.71. The first-order valence-electron chi connectivity index (χ1n) is 14.5. The average Bonchev–Trinajstić information content (AvgIpc) is 3.71. The van der Waals surface area contributed by atoms with Crippen LogP contribution in [0.5, 0.6) is 5.75 Å². The summed E-state index contributed by atoms with van der Waals surface area (Å²) in [6.45, 7) is 3.52. The summed E-state index contributed by atoms with van der Waals surface area (Å²) in [5.74, 6) is 0.0327. The zero-order valence-electron chi connectivity index (χ0n) is 23.5. The van der Waals surface area contributed by atoms with Gasteiger partial charge in [0.25, 0.3) is 0 Å². The second-order valence-electron chi connectivity index (χ2n) is 11.0. The molecule has 3 aromatic heterocycles. The molecule has 0 radical (unpaired) electrons. The fourth-order valence-corrected chi connectivity index (χ4v) is 7.75. The van der Waals surface area contributed by atoms with E-state index in [2.05, 4.69) is 119 Å². The summed E-state index contributed by atoms with van der Waals surface area (Å²) < 4.78 is 12.6.